The first-order valence-corrected chi connectivity index (χ1v) is 11.1. The van der Waals surface area contributed by atoms with Crippen molar-refractivity contribution in [2.24, 2.45) is 0 Å². The zero-order valence-corrected chi connectivity index (χ0v) is 16.6. The van der Waals surface area contributed by atoms with Crippen molar-refractivity contribution in [3.63, 3.8) is 0 Å². The smallest absolute Gasteiger partial charge is 0.183 e. The summed E-state index contributed by atoms with van der Waals surface area (Å²) in [5, 5.41) is -0.337. The molecular formula is C23H22N2O2S. The van der Waals surface area contributed by atoms with Crippen LogP contribution in [0.4, 0.5) is 0 Å². The molecule has 5 rings (SSSR count). The molecule has 1 aromatic heterocycles. The van der Waals surface area contributed by atoms with Gasteiger partial charge in [0.1, 0.15) is 0 Å². The Bertz CT molecular complexity index is 1140. The Morgan fingerprint density at radius 3 is 2.71 bits per heavy atom. The minimum absolute atomic E-state index is 0.0430. The van der Waals surface area contributed by atoms with Crippen LogP contribution in [0.15, 0.2) is 71.9 Å². The molecule has 0 amide bonds. The number of rotatable bonds is 3. The number of pyridine rings is 1. The van der Waals surface area contributed by atoms with E-state index in [-0.39, 0.29) is 11.2 Å². The topological polar surface area (TPSA) is 50.3 Å². The summed E-state index contributed by atoms with van der Waals surface area (Å²) in [5.41, 5.74) is 5.48. The number of sulfone groups is 1. The Hall–Kier alpha value is -2.50. The zero-order valence-electron chi connectivity index (χ0n) is 15.7. The second-order valence-corrected chi connectivity index (χ2v) is 10.0. The number of hydrogen-bond acceptors (Lipinski definition) is 4. The third-order valence-electron chi connectivity index (χ3n) is 5.94. The average molecular weight is 391 g/mol. The standard InChI is InChI=1S/C23H22N2O2S/c1-16-4-2-5-17(10-16)13-25-14-21-20-11-18(19-6-3-9-24-12-19)7-8-22(20)28(26,27)23(21)15-25/h2-12,21,23H,13-15H2,1H3/t21-,23-/m1/s1. The van der Waals surface area contributed by atoms with Crippen LogP contribution in [0.2, 0.25) is 0 Å². The van der Waals surface area contributed by atoms with E-state index in [0.29, 0.717) is 11.4 Å². The monoisotopic (exact) mass is 390 g/mol. The van der Waals surface area contributed by atoms with E-state index in [1.165, 1.54) is 11.1 Å². The maximum absolute atomic E-state index is 13.1. The van der Waals surface area contributed by atoms with Gasteiger partial charge in [-0.1, -0.05) is 42.0 Å². The van der Waals surface area contributed by atoms with Crippen LogP contribution < -0.4 is 0 Å². The number of hydrogen-bond donors (Lipinski definition) is 0. The second kappa shape index (κ2) is 6.54. The highest BCUT2D eigenvalue weighted by Crippen LogP contribution is 2.46. The lowest BCUT2D eigenvalue weighted by atomic mass is 9.95. The Morgan fingerprint density at radius 2 is 1.93 bits per heavy atom. The van der Waals surface area contributed by atoms with Gasteiger partial charge in [0.05, 0.1) is 10.1 Å². The van der Waals surface area contributed by atoms with Gasteiger partial charge in [0, 0.05) is 37.9 Å². The molecule has 1 saturated heterocycles. The van der Waals surface area contributed by atoms with E-state index >= 15 is 0 Å². The summed E-state index contributed by atoms with van der Waals surface area (Å²) in [6.45, 7) is 4.25. The molecule has 3 aromatic rings. The zero-order chi connectivity index (χ0) is 19.3. The number of fused-ring (bicyclic) bond motifs is 3. The molecule has 2 aliphatic rings. The van der Waals surface area contributed by atoms with E-state index in [9.17, 15) is 8.42 Å². The summed E-state index contributed by atoms with van der Waals surface area (Å²) in [4.78, 5) is 6.99. The molecule has 28 heavy (non-hydrogen) atoms. The number of likely N-dealkylation sites (tertiary alicyclic amines) is 1. The van der Waals surface area contributed by atoms with Crippen molar-refractivity contribution < 1.29 is 8.42 Å². The summed E-state index contributed by atoms with van der Waals surface area (Å²) >= 11 is 0. The molecule has 0 aliphatic carbocycles. The lowest BCUT2D eigenvalue weighted by Crippen LogP contribution is -2.25. The summed E-state index contributed by atoms with van der Waals surface area (Å²) in [7, 11) is -3.27. The molecule has 0 saturated carbocycles. The van der Waals surface area contributed by atoms with Crippen molar-refractivity contribution in [3.05, 3.63) is 83.7 Å². The number of aryl methyl sites for hydroxylation is 1. The van der Waals surface area contributed by atoms with E-state index in [4.69, 9.17) is 0 Å². The first kappa shape index (κ1) is 17.6. The molecule has 5 heteroatoms. The fraction of sp³-hybridized carbons (Fsp3) is 0.261. The molecule has 0 unspecified atom stereocenters. The quantitative estimate of drug-likeness (QED) is 0.682. The summed E-state index contributed by atoms with van der Waals surface area (Å²) in [6, 6.07) is 18.1. The van der Waals surface area contributed by atoms with Crippen LogP contribution in [0.5, 0.6) is 0 Å². The van der Waals surface area contributed by atoms with Crippen LogP contribution in [0.25, 0.3) is 11.1 Å². The summed E-state index contributed by atoms with van der Waals surface area (Å²) < 4.78 is 26.3. The van der Waals surface area contributed by atoms with Crippen molar-refractivity contribution >= 4 is 9.84 Å². The van der Waals surface area contributed by atoms with E-state index < -0.39 is 9.84 Å². The van der Waals surface area contributed by atoms with E-state index in [1.54, 1.807) is 12.3 Å². The van der Waals surface area contributed by atoms with E-state index in [2.05, 4.69) is 47.1 Å². The fourth-order valence-corrected chi connectivity index (χ4v) is 6.83. The first-order chi connectivity index (χ1) is 13.5. The van der Waals surface area contributed by atoms with Gasteiger partial charge in [-0.25, -0.2) is 8.42 Å². The third kappa shape index (κ3) is 2.86. The van der Waals surface area contributed by atoms with Crippen molar-refractivity contribution in [2.45, 2.75) is 29.5 Å². The van der Waals surface area contributed by atoms with Crippen LogP contribution in [0, 0.1) is 6.92 Å². The molecule has 3 heterocycles. The minimum atomic E-state index is -3.27. The van der Waals surface area contributed by atoms with Gasteiger partial charge in [0.2, 0.25) is 0 Å². The molecule has 142 valence electrons. The van der Waals surface area contributed by atoms with E-state index in [0.717, 1.165) is 29.8 Å². The Labute approximate surface area is 165 Å². The van der Waals surface area contributed by atoms with Crippen LogP contribution in [-0.4, -0.2) is 36.6 Å². The Balaban J connectivity index is 1.47. The van der Waals surface area contributed by atoms with Crippen LogP contribution >= 0.6 is 0 Å². The summed E-state index contributed by atoms with van der Waals surface area (Å²) in [5.74, 6) is 0.0430. The van der Waals surface area contributed by atoms with Crippen molar-refractivity contribution in [2.75, 3.05) is 13.1 Å². The van der Waals surface area contributed by atoms with Crippen LogP contribution in [-0.2, 0) is 16.4 Å². The van der Waals surface area contributed by atoms with E-state index in [1.807, 2.05) is 24.4 Å². The normalized spacial score (nSPS) is 22.8. The number of benzene rings is 2. The van der Waals surface area contributed by atoms with Gasteiger partial charge in [-0.05, 0) is 47.4 Å². The minimum Gasteiger partial charge on any atom is -0.297 e. The van der Waals surface area contributed by atoms with Crippen LogP contribution in [0.1, 0.15) is 22.6 Å². The SMILES string of the molecule is Cc1cccc(CN2C[C@@H]3c4cc(-c5cccnc5)ccc4S(=O)(=O)[C@@H]3C2)c1. The number of nitrogens with zero attached hydrogens (tertiary/aromatic N) is 2. The molecule has 0 spiro atoms. The van der Waals surface area contributed by atoms with Crippen molar-refractivity contribution in [1.82, 2.24) is 9.88 Å². The molecule has 2 aromatic carbocycles. The molecular weight excluding hydrogens is 368 g/mol. The lowest BCUT2D eigenvalue weighted by molar-refractivity contribution is 0.325. The predicted molar refractivity (Wildman–Crippen MR) is 110 cm³/mol. The largest absolute Gasteiger partial charge is 0.297 e. The number of aromatic nitrogens is 1. The Kier molecular flexibility index (Phi) is 4.11. The molecule has 4 nitrogen and oxygen atoms in total. The summed E-state index contributed by atoms with van der Waals surface area (Å²) in [6.07, 6.45) is 3.57. The highest BCUT2D eigenvalue weighted by Gasteiger charge is 2.50. The van der Waals surface area contributed by atoms with Crippen LogP contribution in [0.3, 0.4) is 0 Å². The van der Waals surface area contributed by atoms with Gasteiger partial charge in [-0.15, -0.1) is 0 Å². The maximum atomic E-state index is 13.1. The fourth-order valence-electron chi connectivity index (χ4n) is 4.64. The molecule has 1 fully saturated rings. The van der Waals surface area contributed by atoms with Gasteiger partial charge < -0.3 is 0 Å². The molecule has 2 aliphatic heterocycles. The molecule has 0 bridgehead atoms. The third-order valence-corrected chi connectivity index (χ3v) is 8.20. The lowest BCUT2D eigenvalue weighted by Gasteiger charge is -2.18. The second-order valence-electron chi connectivity index (χ2n) is 7.87. The van der Waals surface area contributed by atoms with Crippen molar-refractivity contribution in [3.8, 4) is 11.1 Å². The Morgan fingerprint density at radius 1 is 1.04 bits per heavy atom. The first-order valence-electron chi connectivity index (χ1n) is 9.58. The molecule has 2 atom stereocenters. The van der Waals surface area contributed by atoms with Gasteiger partial charge in [0.15, 0.2) is 9.84 Å². The highest BCUT2D eigenvalue weighted by atomic mass is 32.2. The predicted octanol–water partition coefficient (Wildman–Crippen LogP) is 3.81. The maximum Gasteiger partial charge on any atom is 0.183 e. The van der Waals surface area contributed by atoms with Gasteiger partial charge in [-0.2, -0.15) is 0 Å². The van der Waals surface area contributed by atoms with Gasteiger partial charge in [-0.3, -0.25) is 9.88 Å². The highest BCUT2D eigenvalue weighted by molar-refractivity contribution is 7.92. The average Bonchev–Trinajstić information content (AvgIpc) is 3.20. The van der Waals surface area contributed by atoms with Gasteiger partial charge in [0.25, 0.3) is 0 Å². The molecule has 0 radical (unpaired) electrons. The van der Waals surface area contributed by atoms with Crippen molar-refractivity contribution in [1.29, 1.82) is 0 Å². The van der Waals surface area contributed by atoms with Gasteiger partial charge >= 0.3 is 0 Å². The molecule has 0 N–H and O–H groups in total.